The van der Waals surface area contributed by atoms with E-state index in [1.807, 2.05) is 0 Å². The van der Waals surface area contributed by atoms with Crippen molar-refractivity contribution in [2.45, 2.75) is 19.3 Å². The van der Waals surface area contributed by atoms with Gasteiger partial charge in [-0.15, -0.1) is 0 Å². The molecule has 0 radical (unpaired) electrons. The smallest absolute Gasteiger partial charge is 0.219 e. The number of carbonyl (C=O) groups excluding carboxylic acids is 3. The van der Waals surface area contributed by atoms with E-state index in [0.717, 1.165) is 6.29 Å². The van der Waals surface area contributed by atoms with Crippen molar-refractivity contribution in [3.8, 4) is 0 Å². The van der Waals surface area contributed by atoms with E-state index < -0.39 is 0 Å². The minimum absolute atomic E-state index is 0.0300. The molecule has 1 amide bonds. The highest BCUT2D eigenvalue weighted by Gasteiger charge is 2.08. The molecule has 0 aliphatic carbocycles. The second-order valence-corrected chi connectivity index (χ2v) is 4.03. The van der Waals surface area contributed by atoms with Crippen LogP contribution in [0.1, 0.15) is 19.3 Å². The average Bonchev–Trinajstić information content (AvgIpc) is 2.47. The van der Waals surface area contributed by atoms with E-state index in [1.165, 1.54) is 0 Å². The molecule has 1 atom stereocenters. The standard InChI is InChI=1S/C15H21NO4/c1-3-5-14(20-11-10-17)7-4-6-13(12-18)8-9-15(19)16-2/h3-5,7,10,12-13H,1,6,8-9,11H2,2H3,(H,16,19)/b7-4-,14-5+. The van der Waals surface area contributed by atoms with Crippen LogP contribution in [0.2, 0.25) is 0 Å². The Kier molecular flexibility index (Phi) is 10.6. The van der Waals surface area contributed by atoms with Crippen molar-refractivity contribution in [3.63, 3.8) is 0 Å². The predicted molar refractivity (Wildman–Crippen MR) is 76.9 cm³/mol. The van der Waals surface area contributed by atoms with Gasteiger partial charge in [-0.2, -0.15) is 0 Å². The number of ether oxygens (including phenoxy) is 1. The van der Waals surface area contributed by atoms with Crippen molar-refractivity contribution < 1.29 is 19.1 Å². The van der Waals surface area contributed by atoms with Gasteiger partial charge < -0.3 is 14.8 Å². The third-order valence-corrected chi connectivity index (χ3v) is 2.53. The van der Waals surface area contributed by atoms with Crippen molar-refractivity contribution in [3.05, 3.63) is 36.6 Å². The molecule has 20 heavy (non-hydrogen) atoms. The summed E-state index contributed by atoms with van der Waals surface area (Å²) in [6.07, 6.45) is 9.48. The maximum absolute atomic E-state index is 11.1. The fourth-order valence-electron chi connectivity index (χ4n) is 1.44. The van der Waals surface area contributed by atoms with E-state index in [1.54, 1.807) is 31.4 Å². The Morgan fingerprint density at radius 3 is 2.70 bits per heavy atom. The molecule has 110 valence electrons. The first-order chi connectivity index (χ1) is 9.67. The van der Waals surface area contributed by atoms with Gasteiger partial charge >= 0.3 is 0 Å². The fourth-order valence-corrected chi connectivity index (χ4v) is 1.44. The molecule has 0 fully saturated rings. The molecule has 0 aliphatic rings. The minimum atomic E-state index is -0.209. The van der Waals surface area contributed by atoms with E-state index in [9.17, 15) is 14.4 Å². The van der Waals surface area contributed by atoms with E-state index in [0.29, 0.717) is 31.3 Å². The maximum Gasteiger partial charge on any atom is 0.219 e. The molecule has 0 aromatic carbocycles. The van der Waals surface area contributed by atoms with Gasteiger partial charge in [-0.1, -0.05) is 18.7 Å². The van der Waals surface area contributed by atoms with Gasteiger partial charge in [0, 0.05) is 19.4 Å². The summed E-state index contributed by atoms with van der Waals surface area (Å²) >= 11 is 0. The number of rotatable bonds is 11. The molecule has 0 bridgehead atoms. The number of aldehydes is 2. The highest BCUT2D eigenvalue weighted by Crippen LogP contribution is 2.11. The molecular weight excluding hydrogens is 258 g/mol. The molecule has 5 heteroatoms. The molecule has 0 aromatic heterocycles. The van der Waals surface area contributed by atoms with Crippen LogP contribution in [0.4, 0.5) is 0 Å². The Morgan fingerprint density at radius 1 is 1.40 bits per heavy atom. The van der Waals surface area contributed by atoms with Crippen molar-refractivity contribution in [2.75, 3.05) is 13.7 Å². The Morgan fingerprint density at radius 2 is 2.15 bits per heavy atom. The normalized spacial score (nSPS) is 12.8. The number of amides is 1. The van der Waals surface area contributed by atoms with Gasteiger partial charge in [-0.05, 0) is 25.0 Å². The zero-order valence-electron chi connectivity index (χ0n) is 11.7. The van der Waals surface area contributed by atoms with E-state index in [2.05, 4.69) is 11.9 Å². The summed E-state index contributed by atoms with van der Waals surface area (Å²) in [6.45, 7) is 3.52. The summed E-state index contributed by atoms with van der Waals surface area (Å²) in [5, 5.41) is 2.51. The second kappa shape index (κ2) is 11.9. The van der Waals surface area contributed by atoms with Gasteiger partial charge in [0.1, 0.15) is 18.7 Å². The lowest BCUT2D eigenvalue weighted by Crippen LogP contribution is -2.18. The molecule has 0 spiro atoms. The summed E-state index contributed by atoms with van der Waals surface area (Å²) in [5.74, 6) is 0.213. The second-order valence-electron chi connectivity index (χ2n) is 4.03. The van der Waals surface area contributed by atoms with Crippen LogP contribution in [-0.2, 0) is 19.1 Å². The zero-order chi connectivity index (χ0) is 15.2. The predicted octanol–water partition coefficient (Wildman–Crippen LogP) is 1.56. The Hall–Kier alpha value is -2.17. The minimum Gasteiger partial charge on any atom is -0.486 e. The highest BCUT2D eigenvalue weighted by molar-refractivity contribution is 5.75. The lowest BCUT2D eigenvalue weighted by atomic mass is 10.0. The molecule has 1 unspecified atom stereocenters. The summed E-state index contributed by atoms with van der Waals surface area (Å²) in [5.41, 5.74) is 0. The summed E-state index contributed by atoms with van der Waals surface area (Å²) < 4.78 is 5.15. The van der Waals surface area contributed by atoms with Crippen LogP contribution in [0.3, 0.4) is 0 Å². The number of allylic oxidation sites excluding steroid dienone is 4. The molecule has 0 saturated carbocycles. The van der Waals surface area contributed by atoms with E-state index >= 15 is 0 Å². The van der Waals surface area contributed by atoms with Crippen LogP contribution in [0, 0.1) is 5.92 Å². The zero-order valence-corrected chi connectivity index (χ0v) is 11.7. The van der Waals surface area contributed by atoms with Crippen molar-refractivity contribution in [1.82, 2.24) is 5.32 Å². The van der Waals surface area contributed by atoms with Crippen molar-refractivity contribution in [2.24, 2.45) is 5.92 Å². The van der Waals surface area contributed by atoms with Crippen LogP contribution in [0.25, 0.3) is 0 Å². The summed E-state index contributed by atoms with van der Waals surface area (Å²) in [7, 11) is 1.56. The van der Waals surface area contributed by atoms with E-state index in [4.69, 9.17) is 4.74 Å². The third kappa shape index (κ3) is 8.85. The molecular formula is C15H21NO4. The van der Waals surface area contributed by atoms with Crippen molar-refractivity contribution >= 4 is 18.5 Å². The monoisotopic (exact) mass is 279 g/mol. The Labute approximate surface area is 119 Å². The Bertz CT molecular complexity index is 385. The molecule has 0 heterocycles. The number of carbonyl (C=O) groups is 3. The first kappa shape index (κ1) is 17.8. The topological polar surface area (TPSA) is 72.5 Å². The summed E-state index contributed by atoms with van der Waals surface area (Å²) in [6, 6.07) is 0. The van der Waals surface area contributed by atoms with Crippen LogP contribution in [-0.4, -0.2) is 32.1 Å². The van der Waals surface area contributed by atoms with Gasteiger partial charge in [-0.25, -0.2) is 0 Å². The number of hydrogen-bond donors (Lipinski definition) is 1. The molecule has 0 aromatic rings. The maximum atomic E-state index is 11.1. The van der Waals surface area contributed by atoms with E-state index in [-0.39, 0.29) is 18.4 Å². The summed E-state index contributed by atoms with van der Waals surface area (Å²) in [4.78, 5) is 32.2. The fraction of sp³-hybridized carbons (Fsp3) is 0.400. The van der Waals surface area contributed by atoms with Crippen LogP contribution in [0.15, 0.2) is 36.6 Å². The van der Waals surface area contributed by atoms with Crippen LogP contribution in [0.5, 0.6) is 0 Å². The molecule has 0 saturated heterocycles. The molecule has 0 aliphatic heterocycles. The average molecular weight is 279 g/mol. The van der Waals surface area contributed by atoms with Gasteiger partial charge in [0.25, 0.3) is 0 Å². The lowest BCUT2D eigenvalue weighted by molar-refractivity contribution is -0.121. The van der Waals surface area contributed by atoms with Gasteiger partial charge in [-0.3, -0.25) is 9.59 Å². The lowest BCUT2D eigenvalue weighted by Gasteiger charge is -2.07. The SMILES string of the molecule is C=C/C=C(\C=C/CC(C=O)CCC(=O)NC)OCC=O. The largest absolute Gasteiger partial charge is 0.486 e. The van der Waals surface area contributed by atoms with Gasteiger partial charge in [0.05, 0.1) is 0 Å². The van der Waals surface area contributed by atoms with Crippen molar-refractivity contribution in [1.29, 1.82) is 0 Å². The van der Waals surface area contributed by atoms with Gasteiger partial charge in [0.2, 0.25) is 5.91 Å². The molecule has 0 rings (SSSR count). The molecule has 5 nitrogen and oxygen atoms in total. The quantitative estimate of drug-likeness (QED) is 0.354. The first-order valence-electron chi connectivity index (χ1n) is 6.39. The molecule has 1 N–H and O–H groups in total. The number of nitrogens with one attached hydrogen (secondary N) is 1. The highest BCUT2D eigenvalue weighted by atomic mass is 16.5. The van der Waals surface area contributed by atoms with Gasteiger partial charge in [0.15, 0.2) is 6.29 Å². The van der Waals surface area contributed by atoms with Crippen LogP contribution < -0.4 is 5.32 Å². The first-order valence-corrected chi connectivity index (χ1v) is 6.39. The Balaban J connectivity index is 4.30. The van der Waals surface area contributed by atoms with Crippen LogP contribution >= 0.6 is 0 Å². The third-order valence-electron chi connectivity index (χ3n) is 2.53. The number of hydrogen-bond acceptors (Lipinski definition) is 4.